The zero-order chi connectivity index (χ0) is 16.0. The highest BCUT2D eigenvalue weighted by Crippen LogP contribution is 2.21. The van der Waals surface area contributed by atoms with E-state index in [1.165, 1.54) is 4.90 Å². The van der Waals surface area contributed by atoms with Crippen LogP contribution in [-0.2, 0) is 14.3 Å². The van der Waals surface area contributed by atoms with Crippen LogP contribution >= 0.6 is 0 Å². The number of likely N-dealkylation sites (tertiary alicyclic amines) is 1. The maximum atomic E-state index is 12.6. The summed E-state index contributed by atoms with van der Waals surface area (Å²) in [5, 5.41) is 2.47. The fraction of sp³-hybridized carbons (Fsp3) is 0.786. The van der Waals surface area contributed by atoms with Crippen LogP contribution in [0, 0.1) is 5.92 Å². The van der Waals surface area contributed by atoms with Gasteiger partial charge in [0.25, 0.3) is 0 Å². The van der Waals surface area contributed by atoms with Crippen molar-refractivity contribution in [2.75, 3.05) is 13.2 Å². The maximum absolute atomic E-state index is 12.6. The van der Waals surface area contributed by atoms with Gasteiger partial charge in [0.05, 0.1) is 6.61 Å². The summed E-state index contributed by atoms with van der Waals surface area (Å²) in [7, 11) is 0. The molecule has 21 heavy (non-hydrogen) atoms. The van der Waals surface area contributed by atoms with Crippen molar-refractivity contribution in [1.82, 2.24) is 10.2 Å². The quantitative estimate of drug-likeness (QED) is 0.702. The molecule has 0 spiro atoms. The Bertz CT molecular complexity index is 398. The Labute approximate surface area is 125 Å². The molecule has 3 N–H and O–H groups in total. The van der Waals surface area contributed by atoms with Crippen LogP contribution in [0.1, 0.15) is 40.0 Å². The van der Waals surface area contributed by atoms with Gasteiger partial charge in [0.1, 0.15) is 12.1 Å². The summed E-state index contributed by atoms with van der Waals surface area (Å²) < 4.78 is 5.00. The van der Waals surface area contributed by atoms with E-state index >= 15 is 0 Å². The molecule has 0 aromatic rings. The monoisotopic (exact) mass is 299 g/mol. The smallest absolute Gasteiger partial charge is 0.328 e. The van der Waals surface area contributed by atoms with Crippen molar-refractivity contribution < 1.29 is 19.1 Å². The molecule has 0 bridgehead atoms. The first-order valence-corrected chi connectivity index (χ1v) is 7.39. The number of nitrogens with two attached hydrogens (primary N) is 1. The molecule has 1 rings (SSSR count). The van der Waals surface area contributed by atoms with Crippen LogP contribution in [0.25, 0.3) is 0 Å². The van der Waals surface area contributed by atoms with Gasteiger partial charge < -0.3 is 20.7 Å². The average Bonchev–Trinajstić information content (AvgIpc) is 2.85. The summed E-state index contributed by atoms with van der Waals surface area (Å²) in [5.74, 6) is -0.432. The lowest BCUT2D eigenvalue weighted by molar-refractivity contribution is -0.153. The number of carbonyl (C=O) groups is 3. The fourth-order valence-corrected chi connectivity index (χ4v) is 2.58. The second kappa shape index (κ2) is 7.85. The van der Waals surface area contributed by atoms with Crippen molar-refractivity contribution in [1.29, 1.82) is 0 Å². The molecule has 1 aliphatic rings. The van der Waals surface area contributed by atoms with Gasteiger partial charge in [-0.25, -0.2) is 9.59 Å². The van der Waals surface area contributed by atoms with Crippen molar-refractivity contribution in [3.05, 3.63) is 0 Å². The Morgan fingerprint density at radius 3 is 2.57 bits per heavy atom. The number of nitrogens with zero attached hydrogens (tertiary/aromatic N) is 1. The summed E-state index contributed by atoms with van der Waals surface area (Å²) in [5.41, 5.74) is 5.14. The zero-order valence-corrected chi connectivity index (χ0v) is 12.9. The van der Waals surface area contributed by atoms with E-state index in [1.54, 1.807) is 6.92 Å². The SMILES string of the molecule is CCOC(=O)C1CCCN1C(=O)C(CC(C)C)NC(N)=O. The van der Waals surface area contributed by atoms with Gasteiger partial charge in [0.2, 0.25) is 5.91 Å². The number of rotatable bonds is 6. The number of primary amides is 1. The minimum atomic E-state index is -0.735. The van der Waals surface area contributed by atoms with Crippen LogP contribution in [0.4, 0.5) is 4.79 Å². The predicted molar refractivity (Wildman–Crippen MR) is 77.3 cm³/mol. The number of carbonyl (C=O) groups excluding carboxylic acids is 3. The Kier molecular flexibility index (Phi) is 6.45. The van der Waals surface area contributed by atoms with E-state index in [0.717, 1.165) is 6.42 Å². The van der Waals surface area contributed by atoms with Gasteiger partial charge in [-0.1, -0.05) is 13.8 Å². The fourth-order valence-electron chi connectivity index (χ4n) is 2.58. The lowest BCUT2D eigenvalue weighted by Crippen LogP contribution is -2.53. The third-order valence-corrected chi connectivity index (χ3v) is 3.42. The Morgan fingerprint density at radius 1 is 1.38 bits per heavy atom. The van der Waals surface area contributed by atoms with Crippen LogP contribution in [0.5, 0.6) is 0 Å². The van der Waals surface area contributed by atoms with Gasteiger partial charge in [-0.05, 0) is 32.1 Å². The van der Waals surface area contributed by atoms with Crippen molar-refractivity contribution in [3.63, 3.8) is 0 Å². The van der Waals surface area contributed by atoms with E-state index in [2.05, 4.69) is 5.32 Å². The normalized spacial score (nSPS) is 19.4. The molecule has 2 unspecified atom stereocenters. The summed E-state index contributed by atoms with van der Waals surface area (Å²) in [6.07, 6.45) is 1.82. The largest absolute Gasteiger partial charge is 0.464 e. The molecular weight excluding hydrogens is 274 g/mol. The highest BCUT2D eigenvalue weighted by Gasteiger charge is 2.38. The Morgan fingerprint density at radius 2 is 2.05 bits per heavy atom. The lowest BCUT2D eigenvalue weighted by Gasteiger charge is -2.28. The predicted octanol–water partition coefficient (Wildman–Crippen LogP) is 0.624. The molecule has 1 saturated heterocycles. The van der Waals surface area contributed by atoms with Crippen molar-refractivity contribution in [2.45, 2.75) is 52.1 Å². The molecule has 120 valence electrons. The minimum Gasteiger partial charge on any atom is -0.464 e. The Hall–Kier alpha value is -1.79. The third-order valence-electron chi connectivity index (χ3n) is 3.42. The van der Waals surface area contributed by atoms with Crippen LogP contribution in [0.15, 0.2) is 0 Å². The van der Waals surface area contributed by atoms with Gasteiger partial charge in [-0.3, -0.25) is 4.79 Å². The first-order valence-electron chi connectivity index (χ1n) is 7.39. The molecule has 1 fully saturated rings. The lowest BCUT2D eigenvalue weighted by atomic mass is 10.0. The second-order valence-electron chi connectivity index (χ2n) is 5.63. The molecule has 7 heteroatoms. The number of esters is 1. The van der Waals surface area contributed by atoms with E-state index < -0.39 is 18.1 Å². The Balaban J connectivity index is 2.80. The van der Waals surface area contributed by atoms with Gasteiger partial charge in [-0.2, -0.15) is 0 Å². The molecular formula is C14H25N3O4. The van der Waals surface area contributed by atoms with Crippen molar-refractivity contribution >= 4 is 17.9 Å². The van der Waals surface area contributed by atoms with Crippen molar-refractivity contribution in [3.8, 4) is 0 Å². The molecule has 0 aromatic heterocycles. The highest BCUT2D eigenvalue weighted by atomic mass is 16.5. The molecule has 0 radical (unpaired) electrons. The minimum absolute atomic E-state index is 0.217. The third kappa shape index (κ3) is 4.91. The first kappa shape index (κ1) is 17.3. The summed E-state index contributed by atoms with van der Waals surface area (Å²) in [6.45, 7) is 6.42. The maximum Gasteiger partial charge on any atom is 0.328 e. The molecule has 0 aromatic carbocycles. The standard InChI is InChI=1S/C14H25N3O4/c1-4-21-13(19)11-6-5-7-17(11)12(18)10(8-9(2)3)16-14(15)20/h9-11H,4-8H2,1-3H3,(H3,15,16,20). The molecule has 1 heterocycles. The topological polar surface area (TPSA) is 102 Å². The van der Waals surface area contributed by atoms with Gasteiger partial charge >= 0.3 is 12.0 Å². The van der Waals surface area contributed by atoms with E-state index in [9.17, 15) is 14.4 Å². The number of urea groups is 1. The van der Waals surface area contributed by atoms with Crippen LogP contribution in [0.3, 0.4) is 0 Å². The van der Waals surface area contributed by atoms with Crippen LogP contribution in [-0.4, -0.2) is 48.0 Å². The molecule has 0 saturated carbocycles. The molecule has 0 aliphatic carbocycles. The molecule has 1 aliphatic heterocycles. The van der Waals surface area contributed by atoms with Gasteiger partial charge in [0.15, 0.2) is 0 Å². The van der Waals surface area contributed by atoms with E-state index in [1.807, 2.05) is 13.8 Å². The van der Waals surface area contributed by atoms with Gasteiger partial charge in [-0.15, -0.1) is 0 Å². The zero-order valence-electron chi connectivity index (χ0n) is 12.9. The summed E-state index contributed by atoms with van der Waals surface area (Å²) in [4.78, 5) is 37.1. The van der Waals surface area contributed by atoms with Crippen LogP contribution in [0.2, 0.25) is 0 Å². The first-order chi connectivity index (χ1) is 9.86. The van der Waals surface area contributed by atoms with E-state index in [-0.39, 0.29) is 24.4 Å². The van der Waals surface area contributed by atoms with E-state index in [0.29, 0.717) is 19.4 Å². The number of hydrogen-bond donors (Lipinski definition) is 2. The van der Waals surface area contributed by atoms with E-state index in [4.69, 9.17) is 10.5 Å². The highest BCUT2D eigenvalue weighted by molar-refractivity contribution is 5.90. The summed E-state index contributed by atoms with van der Waals surface area (Å²) in [6, 6.07) is -1.99. The molecule has 2 atom stereocenters. The number of ether oxygens (including phenoxy) is 1. The average molecular weight is 299 g/mol. The number of hydrogen-bond acceptors (Lipinski definition) is 4. The van der Waals surface area contributed by atoms with Crippen LogP contribution < -0.4 is 11.1 Å². The number of nitrogens with one attached hydrogen (secondary N) is 1. The number of amides is 3. The van der Waals surface area contributed by atoms with Gasteiger partial charge in [0, 0.05) is 6.54 Å². The van der Waals surface area contributed by atoms with Crippen molar-refractivity contribution in [2.24, 2.45) is 11.7 Å². The molecule has 7 nitrogen and oxygen atoms in total. The second-order valence-corrected chi connectivity index (χ2v) is 5.63. The molecule has 3 amide bonds. The summed E-state index contributed by atoms with van der Waals surface area (Å²) >= 11 is 0.